The summed E-state index contributed by atoms with van der Waals surface area (Å²) in [5, 5.41) is 9.82. The van der Waals surface area contributed by atoms with Gasteiger partial charge in [-0.05, 0) is 12.1 Å². The van der Waals surface area contributed by atoms with E-state index in [1.165, 1.54) is 0 Å². The van der Waals surface area contributed by atoms with Crippen LogP contribution in [0.1, 0.15) is 0 Å². The number of ether oxygens (including phenoxy) is 3. The molecule has 1 atom stereocenters. The quantitative estimate of drug-likeness (QED) is 0.705. The molecule has 1 aromatic heterocycles. The molecule has 6 nitrogen and oxygen atoms in total. The Morgan fingerprint density at radius 3 is 2.86 bits per heavy atom. The van der Waals surface area contributed by atoms with Crippen molar-refractivity contribution in [3.63, 3.8) is 0 Å². The second kappa shape index (κ2) is 8.41. The van der Waals surface area contributed by atoms with Gasteiger partial charge < -0.3 is 23.9 Å². The van der Waals surface area contributed by atoms with E-state index in [0.717, 1.165) is 5.69 Å². The molecule has 1 N–H and O–H groups in total. The average molecular weight is 292 g/mol. The minimum atomic E-state index is -0.683. The lowest BCUT2D eigenvalue weighted by molar-refractivity contribution is -0.00419. The highest BCUT2D eigenvalue weighted by Gasteiger charge is 2.09. The summed E-state index contributed by atoms with van der Waals surface area (Å²) in [5.41, 5.74) is 0.877. The molecule has 0 radical (unpaired) electrons. The molecule has 1 heterocycles. The van der Waals surface area contributed by atoms with E-state index in [1.807, 2.05) is 35.0 Å². The third-order valence-electron chi connectivity index (χ3n) is 2.82. The fourth-order valence-electron chi connectivity index (χ4n) is 1.79. The van der Waals surface area contributed by atoms with Gasteiger partial charge in [-0.3, -0.25) is 0 Å². The van der Waals surface area contributed by atoms with E-state index in [9.17, 15) is 5.11 Å². The van der Waals surface area contributed by atoms with Gasteiger partial charge in [0.1, 0.15) is 18.5 Å². The summed E-state index contributed by atoms with van der Waals surface area (Å²) in [6, 6.07) is 7.59. The summed E-state index contributed by atoms with van der Waals surface area (Å²) >= 11 is 0. The molecule has 0 saturated heterocycles. The van der Waals surface area contributed by atoms with Crippen molar-refractivity contribution in [2.45, 2.75) is 6.10 Å². The molecule has 0 fully saturated rings. The van der Waals surface area contributed by atoms with Crippen LogP contribution < -0.4 is 4.74 Å². The highest BCUT2D eigenvalue weighted by atomic mass is 16.5. The number of hydrogen-bond acceptors (Lipinski definition) is 5. The van der Waals surface area contributed by atoms with Gasteiger partial charge in [0.15, 0.2) is 0 Å². The van der Waals surface area contributed by atoms with Crippen LogP contribution in [0.15, 0.2) is 43.0 Å². The topological polar surface area (TPSA) is 65.7 Å². The van der Waals surface area contributed by atoms with E-state index >= 15 is 0 Å². The summed E-state index contributed by atoms with van der Waals surface area (Å²) in [6.45, 7) is 1.35. The number of nitrogens with zero attached hydrogens (tertiary/aromatic N) is 2. The fraction of sp³-hybridized carbons (Fsp3) is 0.400. The smallest absolute Gasteiger partial charge is 0.143 e. The highest BCUT2D eigenvalue weighted by molar-refractivity contribution is 5.46. The largest absolute Gasteiger partial charge is 0.489 e. The van der Waals surface area contributed by atoms with Crippen molar-refractivity contribution in [1.82, 2.24) is 9.55 Å². The van der Waals surface area contributed by atoms with E-state index < -0.39 is 6.10 Å². The molecule has 0 spiro atoms. The molecule has 2 rings (SSSR count). The first-order valence-electron chi connectivity index (χ1n) is 6.76. The zero-order chi connectivity index (χ0) is 14.9. The van der Waals surface area contributed by atoms with E-state index in [1.54, 1.807) is 19.6 Å². The van der Waals surface area contributed by atoms with E-state index in [0.29, 0.717) is 19.0 Å². The molecule has 0 amide bonds. The van der Waals surface area contributed by atoms with Gasteiger partial charge in [-0.25, -0.2) is 4.98 Å². The number of aliphatic hydroxyl groups excluding tert-OH is 1. The van der Waals surface area contributed by atoms with Crippen LogP contribution in [0.2, 0.25) is 0 Å². The predicted octanol–water partition coefficient (Wildman–Crippen LogP) is 1.27. The Morgan fingerprint density at radius 2 is 2.10 bits per heavy atom. The summed E-state index contributed by atoms with van der Waals surface area (Å²) in [5.74, 6) is 0.687. The Kier molecular flexibility index (Phi) is 6.21. The molecule has 0 aliphatic carbocycles. The fourth-order valence-corrected chi connectivity index (χ4v) is 1.79. The summed E-state index contributed by atoms with van der Waals surface area (Å²) < 4.78 is 17.6. The third kappa shape index (κ3) is 4.86. The Bertz CT molecular complexity index is 516. The zero-order valence-corrected chi connectivity index (χ0v) is 12.0. The highest BCUT2D eigenvalue weighted by Crippen LogP contribution is 2.22. The number of methoxy groups -OCH3 is 1. The van der Waals surface area contributed by atoms with Crippen LogP contribution >= 0.6 is 0 Å². The standard InChI is InChI=1S/C15H20N2O4/c1-19-8-9-20-10-13(18)11-21-15-5-3-2-4-14(15)17-7-6-16-12-17/h2-7,12-13,18H,8-11H2,1H3. The average Bonchev–Trinajstić information content (AvgIpc) is 3.04. The molecule has 0 saturated carbocycles. The van der Waals surface area contributed by atoms with Crippen molar-refractivity contribution in [3.8, 4) is 11.4 Å². The molecule has 0 aliphatic rings. The number of aliphatic hydroxyl groups is 1. The molecule has 6 heteroatoms. The maximum absolute atomic E-state index is 9.82. The molecule has 114 valence electrons. The minimum Gasteiger partial charge on any atom is -0.489 e. The van der Waals surface area contributed by atoms with Gasteiger partial charge >= 0.3 is 0 Å². The first-order chi connectivity index (χ1) is 10.3. The number of para-hydroxylation sites is 2. The predicted molar refractivity (Wildman–Crippen MR) is 77.8 cm³/mol. The Hall–Kier alpha value is -1.89. The Morgan fingerprint density at radius 1 is 1.24 bits per heavy atom. The molecular formula is C15H20N2O4. The molecule has 1 aromatic carbocycles. The normalized spacial score (nSPS) is 12.3. The van der Waals surface area contributed by atoms with Gasteiger partial charge in [0.2, 0.25) is 0 Å². The van der Waals surface area contributed by atoms with Gasteiger partial charge in [0.05, 0.1) is 31.8 Å². The van der Waals surface area contributed by atoms with Gasteiger partial charge in [0, 0.05) is 19.5 Å². The van der Waals surface area contributed by atoms with Crippen molar-refractivity contribution < 1.29 is 19.3 Å². The second-order valence-electron chi connectivity index (χ2n) is 4.47. The van der Waals surface area contributed by atoms with Gasteiger partial charge in [-0.2, -0.15) is 0 Å². The number of hydrogen-bond donors (Lipinski definition) is 1. The lowest BCUT2D eigenvalue weighted by Crippen LogP contribution is -2.24. The van der Waals surface area contributed by atoms with Crippen LogP contribution in [0.5, 0.6) is 5.75 Å². The summed E-state index contributed by atoms with van der Waals surface area (Å²) in [4.78, 5) is 4.02. The summed E-state index contributed by atoms with van der Waals surface area (Å²) in [7, 11) is 1.61. The first kappa shape index (κ1) is 15.5. The molecule has 2 aromatic rings. The number of rotatable bonds is 9. The van der Waals surface area contributed by atoms with Gasteiger partial charge in [0.25, 0.3) is 0 Å². The zero-order valence-electron chi connectivity index (χ0n) is 12.0. The lowest BCUT2D eigenvalue weighted by atomic mass is 10.3. The molecule has 1 unspecified atom stereocenters. The molecule has 0 bridgehead atoms. The first-order valence-corrected chi connectivity index (χ1v) is 6.76. The van der Waals surface area contributed by atoms with Crippen molar-refractivity contribution in [3.05, 3.63) is 43.0 Å². The van der Waals surface area contributed by atoms with Gasteiger partial charge in [-0.15, -0.1) is 0 Å². The van der Waals surface area contributed by atoms with E-state index in [4.69, 9.17) is 14.2 Å². The van der Waals surface area contributed by atoms with Crippen molar-refractivity contribution >= 4 is 0 Å². The molecule has 21 heavy (non-hydrogen) atoms. The molecular weight excluding hydrogens is 272 g/mol. The van der Waals surface area contributed by atoms with E-state index in [-0.39, 0.29) is 13.2 Å². The van der Waals surface area contributed by atoms with Crippen LogP contribution in [-0.2, 0) is 9.47 Å². The van der Waals surface area contributed by atoms with Gasteiger partial charge in [-0.1, -0.05) is 12.1 Å². The number of aromatic nitrogens is 2. The van der Waals surface area contributed by atoms with Crippen LogP contribution in [0.4, 0.5) is 0 Å². The van der Waals surface area contributed by atoms with Crippen LogP contribution in [0.3, 0.4) is 0 Å². The molecule has 0 aliphatic heterocycles. The van der Waals surface area contributed by atoms with Crippen LogP contribution in [-0.4, -0.2) is 54.3 Å². The van der Waals surface area contributed by atoms with Crippen LogP contribution in [0.25, 0.3) is 5.69 Å². The number of benzene rings is 1. The minimum absolute atomic E-state index is 0.165. The second-order valence-corrected chi connectivity index (χ2v) is 4.47. The van der Waals surface area contributed by atoms with Crippen LogP contribution in [0, 0.1) is 0 Å². The maximum atomic E-state index is 9.82. The number of imidazole rings is 1. The Labute approximate surface area is 123 Å². The SMILES string of the molecule is COCCOCC(O)COc1ccccc1-n1ccnc1. The maximum Gasteiger partial charge on any atom is 0.143 e. The van der Waals surface area contributed by atoms with Crippen molar-refractivity contribution in [1.29, 1.82) is 0 Å². The monoisotopic (exact) mass is 292 g/mol. The third-order valence-corrected chi connectivity index (χ3v) is 2.82. The Balaban J connectivity index is 1.86. The summed E-state index contributed by atoms with van der Waals surface area (Å²) in [6.07, 6.45) is 4.56. The van der Waals surface area contributed by atoms with E-state index in [2.05, 4.69) is 4.98 Å². The van der Waals surface area contributed by atoms with Crippen molar-refractivity contribution in [2.75, 3.05) is 33.5 Å². The lowest BCUT2D eigenvalue weighted by Gasteiger charge is -2.15. The van der Waals surface area contributed by atoms with Crippen molar-refractivity contribution in [2.24, 2.45) is 0 Å².